The van der Waals surface area contributed by atoms with E-state index in [1.807, 2.05) is 0 Å². The Bertz CT molecular complexity index is 580. The summed E-state index contributed by atoms with van der Waals surface area (Å²) >= 11 is 0. The summed E-state index contributed by atoms with van der Waals surface area (Å²) in [7, 11) is -7.59. The van der Waals surface area contributed by atoms with Gasteiger partial charge in [-0.2, -0.15) is 61.1 Å². The summed E-state index contributed by atoms with van der Waals surface area (Å²) < 4.78 is 191. The summed E-state index contributed by atoms with van der Waals surface area (Å²) in [5.74, 6) is -38.6. The van der Waals surface area contributed by atoms with Gasteiger partial charge in [0.25, 0.3) is 0 Å². The van der Waals surface area contributed by atoms with Crippen LogP contribution < -0.4 is 0 Å². The first-order valence-corrected chi connectivity index (χ1v) is 6.30. The minimum Gasteiger partial charge on any atom is -0.281 e. The van der Waals surface area contributed by atoms with E-state index >= 15 is 0 Å². The summed E-state index contributed by atoms with van der Waals surface area (Å²) in [6.45, 7) is -3.79. The van der Waals surface area contributed by atoms with Crippen molar-refractivity contribution in [3.8, 4) is 0 Å². The predicted octanol–water partition coefficient (Wildman–Crippen LogP) is 3.61. The zero-order valence-corrected chi connectivity index (χ0v) is 11.1. The third-order valence-electron chi connectivity index (χ3n) is 2.50. The average Bonchev–Trinajstić information content (AvgIpc) is 2.36. The zero-order chi connectivity index (χ0) is 20.2. The molecule has 0 radical (unpaired) electrons. The number of hydrogen-bond donors (Lipinski definition) is 1. The molecule has 17 heteroatoms. The minimum absolute atomic E-state index is 3.79. The van der Waals surface area contributed by atoms with Crippen LogP contribution in [0, 0.1) is 0 Å². The summed E-state index contributed by atoms with van der Waals surface area (Å²) in [6, 6.07) is 0. The first-order valence-electron chi connectivity index (χ1n) is 4.86. The largest absolute Gasteiger partial charge is 0.438 e. The van der Waals surface area contributed by atoms with Crippen LogP contribution in [-0.4, -0.2) is 54.5 Å². The van der Waals surface area contributed by atoms with Crippen LogP contribution in [0.1, 0.15) is 0 Å². The average molecular weight is 414 g/mol. The molecule has 0 rings (SSSR count). The lowest BCUT2D eigenvalue weighted by Gasteiger charge is -2.39. The predicted molar refractivity (Wildman–Crippen MR) is 47.2 cm³/mol. The highest BCUT2D eigenvalue weighted by Gasteiger charge is 2.92. The molecule has 0 bridgehead atoms. The highest BCUT2D eigenvalue weighted by molar-refractivity contribution is 7.87. The first-order chi connectivity index (χ1) is 10.1. The molecule has 0 saturated heterocycles. The van der Waals surface area contributed by atoms with E-state index in [-0.39, 0.29) is 0 Å². The van der Waals surface area contributed by atoms with Crippen molar-refractivity contribution in [2.24, 2.45) is 0 Å². The molecule has 0 atom stereocenters. The Morgan fingerprint density at radius 1 is 0.625 bits per heavy atom. The molecule has 0 amide bonds. The van der Waals surface area contributed by atoms with Gasteiger partial charge in [0.1, 0.15) is 0 Å². The molecule has 0 heterocycles. The molecule has 24 heavy (non-hydrogen) atoms. The summed E-state index contributed by atoms with van der Waals surface area (Å²) in [4.78, 5) is 0. The van der Waals surface area contributed by atoms with Gasteiger partial charge in [0.05, 0.1) is 0 Å². The van der Waals surface area contributed by atoms with E-state index in [4.69, 9.17) is 4.55 Å². The first kappa shape index (κ1) is 23.0. The highest BCUT2D eigenvalue weighted by atomic mass is 32.2. The number of hydrogen-bond acceptors (Lipinski definition) is 2. The molecule has 0 spiro atoms. The van der Waals surface area contributed by atoms with Gasteiger partial charge < -0.3 is 0 Å². The Hall–Kier alpha value is -1.00. The van der Waals surface area contributed by atoms with Crippen molar-refractivity contribution in [1.29, 1.82) is 0 Å². The van der Waals surface area contributed by atoms with Crippen molar-refractivity contribution in [1.82, 2.24) is 0 Å². The lowest BCUT2D eigenvalue weighted by molar-refractivity contribution is -0.417. The molecule has 146 valence electrons. The van der Waals surface area contributed by atoms with E-state index in [2.05, 4.69) is 0 Å². The number of rotatable bonds is 7. The van der Waals surface area contributed by atoms with Crippen LogP contribution in [0.2, 0.25) is 0 Å². The van der Waals surface area contributed by atoms with Gasteiger partial charge in [-0.1, -0.05) is 0 Å². The third-order valence-corrected chi connectivity index (χ3v) is 3.40. The molecule has 0 aliphatic carbocycles. The van der Waals surface area contributed by atoms with Crippen LogP contribution in [0.4, 0.5) is 57.1 Å². The lowest BCUT2D eigenvalue weighted by Crippen LogP contribution is -2.71. The van der Waals surface area contributed by atoms with Crippen LogP contribution in [0.15, 0.2) is 0 Å². The Kier molecular flexibility index (Phi) is 5.27. The maximum absolute atomic E-state index is 12.9. The molecular weight excluding hydrogens is 411 g/mol. The van der Waals surface area contributed by atoms with E-state index in [9.17, 15) is 65.5 Å². The van der Waals surface area contributed by atoms with Crippen molar-refractivity contribution >= 4 is 10.1 Å². The van der Waals surface area contributed by atoms with Gasteiger partial charge in [0, 0.05) is 0 Å². The molecule has 0 aliphatic heterocycles. The molecule has 0 aromatic rings. The van der Waals surface area contributed by atoms with Gasteiger partial charge in [0.15, 0.2) is 6.67 Å². The van der Waals surface area contributed by atoms with Gasteiger partial charge in [-0.3, -0.25) is 4.55 Å². The van der Waals surface area contributed by atoms with Crippen LogP contribution in [0.5, 0.6) is 0 Å². The fourth-order valence-corrected chi connectivity index (χ4v) is 1.50. The molecule has 3 nitrogen and oxygen atoms in total. The molecule has 0 saturated carbocycles. The quantitative estimate of drug-likeness (QED) is 0.512. The topological polar surface area (TPSA) is 54.4 Å². The van der Waals surface area contributed by atoms with Crippen molar-refractivity contribution < 1.29 is 70.0 Å². The summed E-state index contributed by atoms with van der Waals surface area (Å²) in [6.07, 6.45) is 0. The Morgan fingerprint density at radius 2 is 0.917 bits per heavy atom. The normalized spacial score (nSPS) is 16.4. The maximum atomic E-state index is 12.9. The van der Waals surface area contributed by atoms with Crippen LogP contribution in [0.3, 0.4) is 0 Å². The second-order valence-electron chi connectivity index (χ2n) is 4.13. The van der Waals surface area contributed by atoms with Crippen molar-refractivity contribution in [3.05, 3.63) is 0 Å². The van der Waals surface area contributed by atoms with E-state index in [1.165, 1.54) is 0 Å². The van der Waals surface area contributed by atoms with Crippen LogP contribution in [0.25, 0.3) is 0 Å². The molecule has 0 aromatic carbocycles. The van der Waals surface area contributed by atoms with Crippen molar-refractivity contribution in [3.63, 3.8) is 0 Å². The second-order valence-corrected chi connectivity index (χ2v) is 5.59. The number of halogens is 13. The van der Waals surface area contributed by atoms with E-state index in [0.29, 0.717) is 0 Å². The van der Waals surface area contributed by atoms with Crippen LogP contribution in [-0.2, 0) is 10.1 Å². The molecule has 0 aliphatic rings. The molecular formula is C7H3F13O3S. The van der Waals surface area contributed by atoms with Gasteiger partial charge in [-0.05, 0) is 0 Å². The second kappa shape index (κ2) is 5.50. The highest BCUT2D eigenvalue weighted by Crippen LogP contribution is 2.60. The van der Waals surface area contributed by atoms with Gasteiger partial charge in [-0.25, -0.2) is 4.39 Å². The van der Waals surface area contributed by atoms with Crippen molar-refractivity contribution in [2.45, 2.75) is 34.9 Å². The molecule has 0 fully saturated rings. The SMILES string of the molecule is O=S(=O)(O)C(F)(F)C(F)(F)C(F)(F)C(F)(F)C(F)(F)C(F)(F)CF. The van der Waals surface area contributed by atoms with E-state index < -0.39 is 51.7 Å². The Balaban J connectivity index is 6.52. The minimum atomic E-state index is -8.18. The smallest absolute Gasteiger partial charge is 0.281 e. The maximum Gasteiger partial charge on any atom is 0.438 e. The van der Waals surface area contributed by atoms with Gasteiger partial charge >= 0.3 is 45.0 Å². The number of alkyl halides is 13. The third kappa shape index (κ3) is 2.68. The Morgan fingerprint density at radius 3 is 1.17 bits per heavy atom. The van der Waals surface area contributed by atoms with E-state index in [1.54, 1.807) is 0 Å². The fourth-order valence-electron chi connectivity index (χ4n) is 1.05. The fraction of sp³-hybridized carbons (Fsp3) is 1.00. The summed E-state index contributed by atoms with van der Waals surface area (Å²) in [5, 5.41) is -7.49. The van der Waals surface area contributed by atoms with E-state index in [0.717, 1.165) is 0 Å². The monoisotopic (exact) mass is 414 g/mol. The molecule has 0 aromatic heterocycles. The molecule has 0 unspecified atom stereocenters. The van der Waals surface area contributed by atoms with Gasteiger partial charge in [0.2, 0.25) is 0 Å². The van der Waals surface area contributed by atoms with Gasteiger partial charge in [-0.15, -0.1) is 0 Å². The standard InChI is InChI=1S/C7H3F13O3S/c8-1-2(9,10)3(11,12)4(13,14)5(15,16)6(17,18)7(19,20)24(21,22)23/h1H2,(H,21,22,23). The summed E-state index contributed by atoms with van der Waals surface area (Å²) in [5.41, 5.74) is 0. The molecule has 1 N–H and O–H groups in total. The Labute approximate surface area is 123 Å². The van der Waals surface area contributed by atoms with Crippen LogP contribution >= 0.6 is 0 Å². The van der Waals surface area contributed by atoms with Crippen molar-refractivity contribution in [2.75, 3.05) is 6.67 Å². The lowest BCUT2D eigenvalue weighted by atomic mass is 9.95. The zero-order valence-electron chi connectivity index (χ0n) is 10.3.